The first-order valence-corrected chi connectivity index (χ1v) is 9.97. The summed E-state index contributed by atoms with van der Waals surface area (Å²) >= 11 is 0. The molecule has 4 N–H and O–H groups in total. The van der Waals surface area contributed by atoms with E-state index in [4.69, 9.17) is 0 Å². The molecule has 1 aromatic carbocycles. The molecule has 0 amide bonds. The Labute approximate surface area is 171 Å². The Morgan fingerprint density at radius 3 is 2.62 bits per heavy atom. The maximum Gasteiger partial charge on any atom is 0.227 e. The van der Waals surface area contributed by atoms with Gasteiger partial charge in [-0.25, -0.2) is 4.98 Å². The van der Waals surface area contributed by atoms with Crippen molar-refractivity contribution in [3.05, 3.63) is 35.7 Å². The average Bonchev–Trinajstić information content (AvgIpc) is 3.09. The number of nitrogens with one attached hydrogen (secondary N) is 2. The molecular formula is C21H30N6O2. The lowest BCUT2D eigenvalue weighted by atomic mass is 9.97. The van der Waals surface area contributed by atoms with Gasteiger partial charge in [0.15, 0.2) is 17.0 Å². The second kappa shape index (κ2) is 8.24. The first-order valence-electron chi connectivity index (χ1n) is 9.97. The van der Waals surface area contributed by atoms with Crippen LogP contribution in [0.3, 0.4) is 0 Å². The minimum Gasteiger partial charge on any atom is -0.507 e. The standard InChI is InChI=1S/C21H30N6O2/c1-6-15(21(4,5)29)24-20-25-18(16-19(26-20)27(7-2)12-23-16)22-11-14-10-8-9-13(3)17(14)28/h8-10,12,15,28-29H,6-7,11H2,1-5H3,(H2,22,24,25,26). The van der Waals surface area contributed by atoms with E-state index in [0.717, 1.165) is 24.1 Å². The highest BCUT2D eigenvalue weighted by Crippen LogP contribution is 2.26. The lowest BCUT2D eigenvalue weighted by Gasteiger charge is -2.29. The summed E-state index contributed by atoms with van der Waals surface area (Å²) in [4.78, 5) is 13.7. The van der Waals surface area contributed by atoms with Crippen LogP contribution in [0, 0.1) is 6.92 Å². The summed E-state index contributed by atoms with van der Waals surface area (Å²) in [6.45, 7) is 10.6. The minimum absolute atomic E-state index is 0.202. The van der Waals surface area contributed by atoms with Crippen molar-refractivity contribution in [1.29, 1.82) is 0 Å². The molecule has 156 valence electrons. The number of phenols is 1. The van der Waals surface area contributed by atoms with Crippen molar-refractivity contribution in [2.75, 3.05) is 10.6 Å². The van der Waals surface area contributed by atoms with E-state index in [2.05, 4.69) is 25.6 Å². The number of phenolic OH excluding ortho intramolecular Hbond substituents is 1. The predicted octanol–water partition coefficient (Wildman–Crippen LogP) is 3.43. The number of aliphatic hydroxyl groups is 1. The smallest absolute Gasteiger partial charge is 0.227 e. The fraction of sp³-hybridized carbons (Fsp3) is 0.476. The van der Waals surface area contributed by atoms with E-state index in [1.165, 1.54) is 0 Å². The molecule has 0 aliphatic carbocycles. The van der Waals surface area contributed by atoms with Crippen molar-refractivity contribution >= 4 is 22.9 Å². The number of rotatable bonds is 8. The van der Waals surface area contributed by atoms with Crippen LogP contribution in [0.25, 0.3) is 11.2 Å². The summed E-state index contributed by atoms with van der Waals surface area (Å²) < 4.78 is 1.95. The Bertz CT molecular complexity index is 993. The maximum absolute atomic E-state index is 10.4. The van der Waals surface area contributed by atoms with Crippen molar-refractivity contribution < 1.29 is 10.2 Å². The lowest BCUT2D eigenvalue weighted by molar-refractivity contribution is 0.0577. The van der Waals surface area contributed by atoms with E-state index < -0.39 is 5.60 Å². The highest BCUT2D eigenvalue weighted by atomic mass is 16.3. The van der Waals surface area contributed by atoms with Crippen LogP contribution < -0.4 is 10.6 Å². The minimum atomic E-state index is -0.918. The van der Waals surface area contributed by atoms with E-state index in [1.54, 1.807) is 20.2 Å². The molecule has 0 spiro atoms. The molecule has 0 aliphatic heterocycles. The maximum atomic E-state index is 10.4. The Hall–Kier alpha value is -2.87. The van der Waals surface area contributed by atoms with Crippen molar-refractivity contribution in [1.82, 2.24) is 19.5 Å². The van der Waals surface area contributed by atoms with Gasteiger partial charge in [-0.1, -0.05) is 25.1 Å². The fourth-order valence-electron chi connectivity index (χ4n) is 3.34. The van der Waals surface area contributed by atoms with Gasteiger partial charge in [0.1, 0.15) is 5.75 Å². The first kappa shape index (κ1) is 20.9. The Balaban J connectivity index is 1.96. The summed E-state index contributed by atoms with van der Waals surface area (Å²) in [5.74, 6) is 1.28. The molecule has 3 aromatic rings. The van der Waals surface area contributed by atoms with Crippen molar-refractivity contribution in [2.24, 2.45) is 0 Å². The number of benzene rings is 1. The summed E-state index contributed by atoms with van der Waals surface area (Å²) in [5.41, 5.74) is 2.07. The van der Waals surface area contributed by atoms with Crippen LogP contribution in [0.5, 0.6) is 5.75 Å². The van der Waals surface area contributed by atoms with Crippen LogP contribution >= 0.6 is 0 Å². The van der Waals surface area contributed by atoms with Gasteiger partial charge < -0.3 is 25.4 Å². The first-order chi connectivity index (χ1) is 13.7. The third-order valence-corrected chi connectivity index (χ3v) is 5.14. The summed E-state index contributed by atoms with van der Waals surface area (Å²) in [5, 5.41) is 27.3. The second-order valence-electron chi connectivity index (χ2n) is 7.79. The molecule has 2 heterocycles. The molecule has 0 fully saturated rings. The Morgan fingerprint density at radius 2 is 1.97 bits per heavy atom. The average molecular weight is 399 g/mol. The Kier molecular flexibility index (Phi) is 5.93. The summed E-state index contributed by atoms with van der Waals surface area (Å²) in [6.07, 6.45) is 2.46. The van der Waals surface area contributed by atoms with Crippen LogP contribution in [0.2, 0.25) is 0 Å². The van der Waals surface area contributed by atoms with Crippen molar-refractivity contribution in [3.63, 3.8) is 0 Å². The van der Waals surface area contributed by atoms with Crippen LogP contribution in [0.15, 0.2) is 24.5 Å². The quantitative estimate of drug-likeness (QED) is 0.460. The molecule has 2 aromatic heterocycles. The zero-order valence-corrected chi connectivity index (χ0v) is 17.7. The fourth-order valence-corrected chi connectivity index (χ4v) is 3.34. The molecule has 0 aliphatic rings. The number of hydrogen-bond acceptors (Lipinski definition) is 7. The third kappa shape index (κ3) is 4.42. The number of hydrogen-bond donors (Lipinski definition) is 4. The molecule has 29 heavy (non-hydrogen) atoms. The topological polar surface area (TPSA) is 108 Å². The number of para-hydroxylation sites is 1. The van der Waals surface area contributed by atoms with Crippen molar-refractivity contribution in [2.45, 2.75) is 65.8 Å². The highest BCUT2D eigenvalue weighted by molar-refractivity contribution is 5.84. The zero-order chi connectivity index (χ0) is 21.2. The van der Waals surface area contributed by atoms with Gasteiger partial charge in [0, 0.05) is 18.7 Å². The number of aromatic nitrogens is 4. The molecule has 8 heteroatoms. The molecular weight excluding hydrogens is 368 g/mol. The van der Waals surface area contributed by atoms with Gasteiger partial charge in [-0.2, -0.15) is 9.97 Å². The number of fused-ring (bicyclic) bond motifs is 1. The largest absolute Gasteiger partial charge is 0.507 e. The molecule has 8 nitrogen and oxygen atoms in total. The van der Waals surface area contributed by atoms with Gasteiger partial charge in [-0.15, -0.1) is 0 Å². The normalized spacial score (nSPS) is 12.9. The third-order valence-electron chi connectivity index (χ3n) is 5.14. The van der Waals surface area contributed by atoms with Crippen LogP contribution in [0.1, 0.15) is 45.2 Å². The van der Waals surface area contributed by atoms with E-state index in [9.17, 15) is 10.2 Å². The van der Waals surface area contributed by atoms with Crippen LogP contribution in [-0.2, 0) is 13.1 Å². The predicted molar refractivity (Wildman–Crippen MR) is 115 cm³/mol. The summed E-state index contributed by atoms with van der Waals surface area (Å²) in [6, 6.07) is 5.45. The van der Waals surface area contributed by atoms with Gasteiger partial charge in [0.05, 0.1) is 18.0 Å². The Morgan fingerprint density at radius 1 is 1.21 bits per heavy atom. The molecule has 1 atom stereocenters. The van der Waals surface area contributed by atoms with Gasteiger partial charge in [-0.05, 0) is 39.7 Å². The van der Waals surface area contributed by atoms with Gasteiger partial charge in [0.25, 0.3) is 0 Å². The van der Waals surface area contributed by atoms with E-state index in [0.29, 0.717) is 29.5 Å². The number of aryl methyl sites for hydroxylation is 2. The van der Waals surface area contributed by atoms with Crippen LogP contribution in [-0.4, -0.2) is 41.4 Å². The lowest BCUT2D eigenvalue weighted by Crippen LogP contribution is -2.41. The highest BCUT2D eigenvalue weighted by Gasteiger charge is 2.26. The summed E-state index contributed by atoms with van der Waals surface area (Å²) in [7, 11) is 0. The van der Waals surface area contributed by atoms with E-state index in [-0.39, 0.29) is 11.8 Å². The van der Waals surface area contributed by atoms with Gasteiger partial charge in [0.2, 0.25) is 5.95 Å². The molecule has 0 saturated carbocycles. The molecule has 0 saturated heterocycles. The van der Waals surface area contributed by atoms with Crippen LogP contribution in [0.4, 0.5) is 11.8 Å². The molecule has 1 unspecified atom stereocenters. The number of nitrogens with zero attached hydrogens (tertiary/aromatic N) is 4. The van der Waals surface area contributed by atoms with Crippen molar-refractivity contribution in [3.8, 4) is 5.75 Å². The van der Waals surface area contributed by atoms with E-state index in [1.807, 2.05) is 43.5 Å². The molecule has 3 rings (SSSR count). The van der Waals surface area contributed by atoms with Gasteiger partial charge in [-0.3, -0.25) is 0 Å². The number of imidazole rings is 1. The number of aromatic hydroxyl groups is 1. The SMILES string of the molecule is CCC(Nc1nc(NCc2cccc(C)c2O)c2ncn(CC)c2n1)C(C)(C)O. The van der Waals surface area contributed by atoms with E-state index >= 15 is 0 Å². The zero-order valence-electron chi connectivity index (χ0n) is 17.7. The number of anilines is 2. The second-order valence-corrected chi connectivity index (χ2v) is 7.79. The van der Waals surface area contributed by atoms with Gasteiger partial charge >= 0.3 is 0 Å². The molecule has 0 radical (unpaired) electrons. The monoisotopic (exact) mass is 398 g/mol. The molecule has 0 bridgehead atoms.